The van der Waals surface area contributed by atoms with Crippen LogP contribution in [0.4, 0.5) is 0 Å². The molecule has 2 nitrogen and oxygen atoms in total. The van der Waals surface area contributed by atoms with Gasteiger partial charge in [-0.2, -0.15) is 0 Å². The van der Waals surface area contributed by atoms with Crippen LogP contribution < -0.4 is 9.05 Å². The maximum absolute atomic E-state index is 6.39. The number of benzene rings is 3. The zero-order chi connectivity index (χ0) is 24.8. The summed E-state index contributed by atoms with van der Waals surface area (Å²) in [5, 5.41) is 0. The second-order valence-electron chi connectivity index (χ2n) is 11.2. The van der Waals surface area contributed by atoms with Crippen molar-refractivity contribution in [2.45, 2.75) is 60.1 Å². The fraction of sp³-hybridized carbons (Fsp3) is 0.379. The molecule has 0 saturated heterocycles. The average molecular weight is 513 g/mol. The first kappa shape index (κ1) is 26.9. The zero-order valence-electron chi connectivity index (χ0n) is 21.2. The minimum Gasteiger partial charge on any atom is -0.428 e. The second-order valence-corrected chi connectivity index (χ2v) is 17.3. The molecule has 0 bridgehead atoms. The van der Waals surface area contributed by atoms with E-state index < -0.39 is 5.69 Å². The lowest BCUT2D eigenvalue weighted by atomic mass is 9.88. The predicted molar refractivity (Wildman–Crippen MR) is 152 cm³/mol. The first-order valence-electron chi connectivity index (χ1n) is 11.7. The molecule has 0 aliphatic rings. The lowest BCUT2D eigenvalue weighted by Crippen LogP contribution is -2.09. The summed E-state index contributed by atoms with van der Waals surface area (Å²) in [5.74, 6) is 2.25. The minimum absolute atomic E-state index is 0.241. The van der Waals surface area contributed by atoms with Gasteiger partial charge in [0.05, 0.1) is 0 Å². The Kier molecular flexibility index (Phi) is 8.95. The van der Waals surface area contributed by atoms with Gasteiger partial charge < -0.3 is 9.05 Å². The van der Waals surface area contributed by atoms with Crippen molar-refractivity contribution in [3.05, 3.63) is 95.6 Å². The minimum atomic E-state index is -2.69. The molecule has 3 aromatic rings. The average Bonchev–Trinajstić information content (AvgIpc) is 2.74. The van der Waals surface area contributed by atoms with Gasteiger partial charge in [0.2, 0.25) is 0 Å². The van der Waals surface area contributed by atoms with Gasteiger partial charge in [0.1, 0.15) is 11.5 Å². The molecule has 0 aliphatic heterocycles. The van der Waals surface area contributed by atoms with Crippen molar-refractivity contribution in [1.82, 2.24) is 0 Å². The summed E-state index contributed by atoms with van der Waals surface area (Å²) in [7, 11) is 0. The molecule has 0 unspecified atom stereocenters. The van der Waals surface area contributed by atoms with Gasteiger partial charge in [0.15, 0.2) is 0 Å². The quantitative estimate of drug-likeness (QED) is 0.266. The van der Waals surface area contributed by atoms with Crippen molar-refractivity contribution in [2.75, 3.05) is 0 Å². The molecule has 182 valence electrons. The highest BCUT2D eigenvalue weighted by atomic mass is 32.9. The van der Waals surface area contributed by atoms with Gasteiger partial charge in [-0.1, -0.05) is 96.1 Å². The molecular formula is C29H37O2PS2. The van der Waals surface area contributed by atoms with Crippen LogP contribution in [-0.2, 0) is 30.4 Å². The third-order valence-corrected chi connectivity index (χ3v) is 9.81. The van der Waals surface area contributed by atoms with E-state index in [0.717, 1.165) is 30.1 Å². The van der Waals surface area contributed by atoms with E-state index >= 15 is 0 Å². The lowest BCUT2D eigenvalue weighted by molar-refractivity contribution is 0.411. The summed E-state index contributed by atoms with van der Waals surface area (Å²) in [6.07, 6.45) is 2.03. The first-order chi connectivity index (χ1) is 15.9. The summed E-state index contributed by atoms with van der Waals surface area (Å²) in [6.45, 7) is 13.5. The Hall–Kier alpha value is -1.74. The molecule has 0 fully saturated rings. The highest BCUT2D eigenvalue weighted by Gasteiger charge is 2.24. The Balaban J connectivity index is 1.77. The Labute approximate surface area is 215 Å². The molecular weight excluding hydrogens is 475 g/mol. The largest absolute Gasteiger partial charge is 0.428 e. The molecule has 0 saturated carbocycles. The summed E-state index contributed by atoms with van der Waals surface area (Å²) >= 11 is 7.61. The van der Waals surface area contributed by atoms with Crippen LogP contribution in [0.25, 0.3) is 0 Å². The molecule has 0 aliphatic carbocycles. The van der Waals surface area contributed by atoms with E-state index in [0.29, 0.717) is 0 Å². The number of rotatable bonds is 9. The number of hydrogen-bond donors (Lipinski definition) is 0. The van der Waals surface area contributed by atoms with Crippen molar-refractivity contribution < 1.29 is 9.05 Å². The summed E-state index contributed by atoms with van der Waals surface area (Å²) in [5.41, 5.74) is 1.58. The van der Waals surface area contributed by atoms with Crippen LogP contribution in [-0.4, -0.2) is 0 Å². The topological polar surface area (TPSA) is 18.5 Å². The summed E-state index contributed by atoms with van der Waals surface area (Å²) in [6, 6.07) is 26.9. The highest BCUT2D eigenvalue weighted by Crippen LogP contribution is 2.61. The Bertz CT molecular complexity index is 1010. The van der Waals surface area contributed by atoms with Gasteiger partial charge in [-0.15, -0.1) is 0 Å². The molecule has 0 N–H and O–H groups in total. The fourth-order valence-corrected chi connectivity index (χ4v) is 7.77. The van der Waals surface area contributed by atoms with Gasteiger partial charge in [0, 0.05) is 5.75 Å². The Morgan fingerprint density at radius 2 is 1.03 bits per heavy atom. The molecule has 0 atom stereocenters. The van der Waals surface area contributed by atoms with Gasteiger partial charge in [-0.3, -0.25) is 0 Å². The van der Waals surface area contributed by atoms with E-state index in [1.807, 2.05) is 42.5 Å². The van der Waals surface area contributed by atoms with E-state index in [1.54, 1.807) is 11.4 Å². The maximum Gasteiger partial charge on any atom is 0.348 e. The summed E-state index contributed by atoms with van der Waals surface area (Å²) < 4.78 is 12.8. The standard InChI is InChI=1S/C29H37O2PS2/c1-28(2,3)20-23-12-16-26(17-13-23)30-32(33,34-22-25-10-8-7-9-11-25)31-27-18-14-24(15-19-27)21-29(4,5)6/h7-19H,20-22H2,1-6H3. The molecule has 3 rings (SSSR count). The molecule has 34 heavy (non-hydrogen) atoms. The van der Waals surface area contributed by atoms with Crippen molar-refractivity contribution in [2.24, 2.45) is 10.8 Å². The van der Waals surface area contributed by atoms with Crippen LogP contribution in [0.15, 0.2) is 78.9 Å². The van der Waals surface area contributed by atoms with E-state index in [2.05, 4.69) is 77.9 Å². The van der Waals surface area contributed by atoms with E-state index in [4.69, 9.17) is 20.9 Å². The zero-order valence-corrected chi connectivity index (χ0v) is 23.7. The molecule has 0 amide bonds. The van der Waals surface area contributed by atoms with Crippen LogP contribution >= 0.6 is 17.1 Å². The molecule has 3 aromatic carbocycles. The highest BCUT2D eigenvalue weighted by molar-refractivity contribution is 8.67. The smallest absolute Gasteiger partial charge is 0.348 e. The molecule has 0 radical (unpaired) electrons. The monoisotopic (exact) mass is 512 g/mol. The molecule has 0 heterocycles. The molecule has 0 spiro atoms. The van der Waals surface area contributed by atoms with Crippen LogP contribution in [0, 0.1) is 10.8 Å². The van der Waals surface area contributed by atoms with Gasteiger partial charge in [0.25, 0.3) is 0 Å². The lowest BCUT2D eigenvalue weighted by Gasteiger charge is -2.24. The van der Waals surface area contributed by atoms with Crippen molar-refractivity contribution in [1.29, 1.82) is 0 Å². The molecule has 5 heteroatoms. The van der Waals surface area contributed by atoms with Crippen LogP contribution in [0.1, 0.15) is 58.2 Å². The van der Waals surface area contributed by atoms with E-state index in [-0.39, 0.29) is 10.8 Å². The van der Waals surface area contributed by atoms with Crippen molar-refractivity contribution in [3.8, 4) is 11.5 Å². The first-order valence-corrected chi connectivity index (χ1v) is 16.0. The normalized spacial score (nSPS) is 12.4. The Morgan fingerprint density at radius 3 is 1.41 bits per heavy atom. The van der Waals surface area contributed by atoms with Gasteiger partial charge >= 0.3 is 5.69 Å². The van der Waals surface area contributed by atoms with Gasteiger partial charge in [-0.25, -0.2) is 0 Å². The van der Waals surface area contributed by atoms with Crippen LogP contribution in [0.5, 0.6) is 11.5 Å². The third kappa shape index (κ3) is 9.49. The van der Waals surface area contributed by atoms with E-state index in [9.17, 15) is 0 Å². The summed E-state index contributed by atoms with van der Waals surface area (Å²) in [4.78, 5) is 0. The second kappa shape index (κ2) is 11.3. The predicted octanol–water partition coefficient (Wildman–Crippen LogP) is 9.48. The SMILES string of the molecule is CC(C)(C)Cc1ccc(OP(=S)(Oc2ccc(CC(C)(C)C)cc2)SCc2ccccc2)cc1. The maximum atomic E-state index is 6.39. The Morgan fingerprint density at radius 1 is 0.618 bits per heavy atom. The molecule has 0 aromatic heterocycles. The van der Waals surface area contributed by atoms with Gasteiger partial charge in [-0.05, 0) is 87.8 Å². The number of hydrogen-bond acceptors (Lipinski definition) is 4. The van der Waals surface area contributed by atoms with Crippen LogP contribution in [0.3, 0.4) is 0 Å². The van der Waals surface area contributed by atoms with Crippen molar-refractivity contribution >= 4 is 28.9 Å². The van der Waals surface area contributed by atoms with E-state index in [1.165, 1.54) is 16.7 Å². The fourth-order valence-electron chi connectivity index (χ4n) is 3.62. The third-order valence-electron chi connectivity index (χ3n) is 4.98. The van der Waals surface area contributed by atoms with Crippen LogP contribution in [0.2, 0.25) is 0 Å². The van der Waals surface area contributed by atoms with Crippen molar-refractivity contribution in [3.63, 3.8) is 0 Å².